The first kappa shape index (κ1) is 22.1. The molecule has 0 spiro atoms. The lowest BCUT2D eigenvalue weighted by Gasteiger charge is -2.14. The second-order valence-corrected chi connectivity index (χ2v) is 7.15. The summed E-state index contributed by atoms with van der Waals surface area (Å²) in [4.78, 5) is 12.9. The molecule has 2 aromatic heterocycles. The van der Waals surface area contributed by atoms with Crippen molar-refractivity contribution < 1.29 is 27.1 Å². The fourth-order valence-electron chi connectivity index (χ4n) is 3.20. The topological polar surface area (TPSA) is 74.0 Å². The van der Waals surface area contributed by atoms with Gasteiger partial charge in [0.25, 0.3) is 5.91 Å². The fourth-order valence-corrected chi connectivity index (χ4v) is 3.20. The molecule has 0 aliphatic rings. The zero-order chi connectivity index (χ0) is 23.8. The van der Waals surface area contributed by atoms with Crippen LogP contribution < -0.4 is 10.1 Å². The van der Waals surface area contributed by atoms with E-state index in [0.29, 0.717) is 17.2 Å². The lowest BCUT2D eigenvalue weighted by atomic mass is 10.1. The summed E-state index contributed by atoms with van der Waals surface area (Å²) in [5.41, 5.74) is 1.40. The molecule has 170 valence electrons. The highest BCUT2D eigenvalue weighted by Crippen LogP contribution is 2.34. The Bertz CT molecular complexity index is 1310. The minimum atomic E-state index is -4.91. The summed E-state index contributed by atoms with van der Waals surface area (Å²) in [6.45, 7) is 1.72. The monoisotopic (exact) mass is 459 g/mol. The summed E-state index contributed by atoms with van der Waals surface area (Å²) in [6.07, 6.45) is -3.35. The van der Waals surface area contributed by atoms with Crippen molar-refractivity contribution in [3.63, 3.8) is 0 Å². The third-order valence-corrected chi connectivity index (χ3v) is 4.60. The third-order valence-electron chi connectivity index (χ3n) is 4.60. The Kier molecular flexibility index (Phi) is 5.62. The average molecular weight is 459 g/mol. The average Bonchev–Trinajstić information content (AvgIpc) is 3.33. The van der Waals surface area contributed by atoms with Gasteiger partial charge < -0.3 is 10.1 Å². The number of nitrogens with one attached hydrogen (secondary N) is 1. The first-order chi connectivity index (χ1) is 15.6. The number of ether oxygens (including phenoxy) is 1. The van der Waals surface area contributed by atoms with Gasteiger partial charge in [0.05, 0.1) is 17.1 Å². The van der Waals surface area contributed by atoms with E-state index in [1.54, 1.807) is 26.2 Å². The van der Waals surface area contributed by atoms with Crippen molar-refractivity contribution in [3.05, 3.63) is 77.9 Å². The molecule has 1 amide bonds. The molecular weight excluding hydrogens is 442 g/mol. The zero-order valence-corrected chi connectivity index (χ0v) is 17.4. The number of aromatic nitrogens is 4. The number of carbonyl (C=O) groups excluding carboxylic acids is 1. The van der Waals surface area contributed by atoms with Crippen molar-refractivity contribution >= 4 is 11.7 Å². The van der Waals surface area contributed by atoms with Crippen LogP contribution in [0.4, 0.5) is 23.4 Å². The van der Waals surface area contributed by atoms with Crippen LogP contribution in [0.5, 0.6) is 5.75 Å². The van der Waals surface area contributed by atoms with Crippen LogP contribution in [0.25, 0.3) is 16.9 Å². The molecule has 0 radical (unpaired) electrons. The van der Waals surface area contributed by atoms with E-state index in [1.807, 2.05) is 0 Å². The van der Waals surface area contributed by atoms with Gasteiger partial charge in [-0.2, -0.15) is 10.2 Å². The molecule has 0 atom stereocenters. The van der Waals surface area contributed by atoms with Crippen LogP contribution in [0, 0.1) is 12.7 Å². The van der Waals surface area contributed by atoms with Crippen LogP contribution in [-0.2, 0) is 7.05 Å². The van der Waals surface area contributed by atoms with E-state index in [1.165, 1.54) is 51.8 Å². The maximum Gasteiger partial charge on any atom is 0.573 e. The molecule has 0 fully saturated rings. The molecule has 2 heterocycles. The van der Waals surface area contributed by atoms with Gasteiger partial charge in [0.15, 0.2) is 0 Å². The van der Waals surface area contributed by atoms with Gasteiger partial charge in [0.1, 0.15) is 17.4 Å². The number of amides is 1. The molecule has 2 aromatic carbocycles. The summed E-state index contributed by atoms with van der Waals surface area (Å²) in [7, 11) is 1.61. The van der Waals surface area contributed by atoms with E-state index >= 15 is 0 Å². The summed E-state index contributed by atoms with van der Waals surface area (Å²) in [5, 5.41) is 11.1. The Morgan fingerprint density at radius 2 is 1.76 bits per heavy atom. The van der Waals surface area contributed by atoms with Crippen LogP contribution >= 0.6 is 0 Å². The summed E-state index contributed by atoms with van der Waals surface area (Å²) in [5.74, 6) is -1.19. The van der Waals surface area contributed by atoms with E-state index in [4.69, 9.17) is 0 Å². The molecule has 1 N–H and O–H groups in total. The van der Waals surface area contributed by atoms with Crippen LogP contribution in [0.2, 0.25) is 0 Å². The maximum atomic E-state index is 13.3. The molecule has 0 bridgehead atoms. The van der Waals surface area contributed by atoms with Crippen molar-refractivity contribution in [2.45, 2.75) is 13.3 Å². The molecule has 4 rings (SSSR count). The highest BCUT2D eigenvalue weighted by molar-refractivity contribution is 6.05. The number of hydrogen-bond donors (Lipinski definition) is 1. The number of halogens is 4. The van der Waals surface area contributed by atoms with E-state index in [2.05, 4.69) is 20.3 Å². The van der Waals surface area contributed by atoms with Crippen LogP contribution in [0.1, 0.15) is 16.1 Å². The number of rotatable bonds is 5. The van der Waals surface area contributed by atoms with Crippen molar-refractivity contribution in [2.75, 3.05) is 5.32 Å². The Morgan fingerprint density at radius 3 is 2.39 bits per heavy atom. The highest BCUT2D eigenvalue weighted by atomic mass is 19.4. The number of benzene rings is 2. The van der Waals surface area contributed by atoms with E-state index in [9.17, 15) is 22.4 Å². The predicted molar refractivity (Wildman–Crippen MR) is 112 cm³/mol. The Morgan fingerprint density at radius 1 is 1.03 bits per heavy atom. The van der Waals surface area contributed by atoms with E-state index in [0.717, 1.165) is 6.07 Å². The maximum absolute atomic E-state index is 13.3. The van der Waals surface area contributed by atoms with Gasteiger partial charge in [-0.3, -0.25) is 9.48 Å². The second kappa shape index (κ2) is 8.41. The third kappa shape index (κ3) is 5.03. The van der Waals surface area contributed by atoms with E-state index in [-0.39, 0.29) is 16.8 Å². The van der Waals surface area contributed by atoms with Crippen molar-refractivity contribution in [2.24, 2.45) is 7.05 Å². The predicted octanol–water partition coefficient (Wildman–Crippen LogP) is 4.87. The number of aryl methyl sites for hydroxylation is 2. The lowest BCUT2D eigenvalue weighted by molar-refractivity contribution is -0.274. The fraction of sp³-hybridized carbons (Fsp3) is 0.136. The minimum Gasteiger partial charge on any atom is -0.405 e. The van der Waals surface area contributed by atoms with Gasteiger partial charge in [0, 0.05) is 30.4 Å². The number of nitrogens with zero attached hydrogens (tertiary/aromatic N) is 4. The highest BCUT2D eigenvalue weighted by Gasteiger charge is 2.32. The smallest absolute Gasteiger partial charge is 0.405 e. The van der Waals surface area contributed by atoms with E-state index < -0.39 is 23.8 Å². The van der Waals surface area contributed by atoms with Crippen molar-refractivity contribution in [1.29, 1.82) is 0 Å². The molecule has 11 heteroatoms. The van der Waals surface area contributed by atoms with Crippen LogP contribution in [0.3, 0.4) is 0 Å². The van der Waals surface area contributed by atoms with Crippen molar-refractivity contribution in [1.82, 2.24) is 19.6 Å². The number of anilines is 1. The SMILES string of the molecule is Cc1cc(NC(=O)c2ccc(OC(F)(F)F)c(-c3ccn(C)n3)c2)n(-c2ccc(F)cc2)n1. The summed E-state index contributed by atoms with van der Waals surface area (Å²) in [6, 6.07) is 12.2. The van der Waals surface area contributed by atoms with Crippen molar-refractivity contribution in [3.8, 4) is 22.7 Å². The standard InChI is InChI=1S/C22H17F4N5O2/c1-13-11-20(31(28-13)16-6-4-15(23)5-7-16)27-21(32)14-3-8-19(33-22(24,25)26)17(12-14)18-9-10-30(2)29-18/h3-12H,1-2H3,(H,27,32). The van der Waals surface area contributed by atoms with Crippen LogP contribution in [0.15, 0.2) is 60.8 Å². The number of hydrogen-bond acceptors (Lipinski definition) is 4. The lowest BCUT2D eigenvalue weighted by Crippen LogP contribution is -2.18. The number of alkyl halides is 3. The molecule has 4 aromatic rings. The first-order valence-electron chi connectivity index (χ1n) is 9.63. The molecule has 33 heavy (non-hydrogen) atoms. The number of carbonyl (C=O) groups is 1. The Labute approximate surface area is 185 Å². The molecule has 0 unspecified atom stereocenters. The molecule has 0 aliphatic heterocycles. The zero-order valence-electron chi connectivity index (χ0n) is 17.4. The summed E-state index contributed by atoms with van der Waals surface area (Å²) >= 11 is 0. The second-order valence-electron chi connectivity index (χ2n) is 7.15. The van der Waals surface area contributed by atoms with Gasteiger partial charge >= 0.3 is 6.36 Å². The van der Waals surface area contributed by atoms with Gasteiger partial charge in [-0.15, -0.1) is 13.2 Å². The largest absolute Gasteiger partial charge is 0.573 e. The molecular formula is C22H17F4N5O2. The molecule has 0 saturated heterocycles. The Hall–Kier alpha value is -4.15. The minimum absolute atomic E-state index is 0.00352. The molecule has 7 nitrogen and oxygen atoms in total. The van der Waals surface area contributed by atoms with Gasteiger partial charge in [0.2, 0.25) is 0 Å². The summed E-state index contributed by atoms with van der Waals surface area (Å²) < 4.78 is 58.8. The van der Waals surface area contributed by atoms with Crippen LogP contribution in [-0.4, -0.2) is 31.8 Å². The first-order valence-corrected chi connectivity index (χ1v) is 9.63. The normalized spacial score (nSPS) is 11.5. The Balaban J connectivity index is 1.68. The molecule has 0 aliphatic carbocycles. The quantitative estimate of drug-likeness (QED) is 0.432. The van der Waals surface area contributed by atoms with Gasteiger partial charge in [-0.05, 0) is 55.5 Å². The van der Waals surface area contributed by atoms with Gasteiger partial charge in [-0.1, -0.05) is 0 Å². The van der Waals surface area contributed by atoms with Gasteiger partial charge in [-0.25, -0.2) is 9.07 Å². The molecule has 0 saturated carbocycles.